The molecule has 3 N–H and O–H groups in total. The highest BCUT2D eigenvalue weighted by molar-refractivity contribution is 6.12. The molecule has 88 valence electrons. The van der Waals surface area contributed by atoms with Crippen molar-refractivity contribution in [1.82, 2.24) is 0 Å². The Balaban J connectivity index is 2.41. The number of hydrogen-bond donors (Lipinski definition) is 3. The van der Waals surface area contributed by atoms with E-state index < -0.39 is 17.2 Å². The van der Waals surface area contributed by atoms with Crippen LogP contribution in [0.3, 0.4) is 0 Å². The van der Waals surface area contributed by atoms with Gasteiger partial charge in [-0.1, -0.05) is 18.2 Å². The van der Waals surface area contributed by atoms with Gasteiger partial charge in [0.05, 0.1) is 5.56 Å². The number of ketones is 1. The van der Waals surface area contributed by atoms with E-state index in [1.807, 2.05) is 6.08 Å². The van der Waals surface area contributed by atoms with E-state index in [9.17, 15) is 15.0 Å². The number of benzene rings is 1. The van der Waals surface area contributed by atoms with Crippen LogP contribution in [0.4, 0.5) is 0 Å². The molecule has 1 aromatic rings. The quantitative estimate of drug-likeness (QED) is 0.540. The maximum absolute atomic E-state index is 12.0. The molecule has 0 unspecified atom stereocenters. The number of rotatable bonds is 2. The molecule has 17 heavy (non-hydrogen) atoms. The standard InChI is InChI=1S/C13H12O4/c14-10-7-6-9(12(16)13(10)17)11(15)8-4-2-1-3-5-8/h2,4-7,14,16-17H,1,3H2. The minimum absolute atomic E-state index is 0.0156. The van der Waals surface area contributed by atoms with Crippen LogP contribution in [0.15, 0.2) is 35.9 Å². The van der Waals surface area contributed by atoms with E-state index in [-0.39, 0.29) is 11.3 Å². The third-order valence-electron chi connectivity index (χ3n) is 2.63. The van der Waals surface area contributed by atoms with Gasteiger partial charge in [-0.05, 0) is 25.0 Å². The Morgan fingerprint density at radius 3 is 2.47 bits per heavy atom. The lowest BCUT2D eigenvalue weighted by atomic mass is 9.97. The molecule has 0 bridgehead atoms. The van der Waals surface area contributed by atoms with Crippen molar-refractivity contribution in [2.24, 2.45) is 0 Å². The van der Waals surface area contributed by atoms with Crippen molar-refractivity contribution in [3.8, 4) is 17.2 Å². The fourth-order valence-electron chi connectivity index (χ4n) is 1.69. The van der Waals surface area contributed by atoms with Gasteiger partial charge in [-0.3, -0.25) is 4.79 Å². The lowest BCUT2D eigenvalue weighted by Gasteiger charge is -2.09. The molecule has 0 aromatic heterocycles. The minimum Gasteiger partial charge on any atom is -0.504 e. The van der Waals surface area contributed by atoms with Crippen LogP contribution in [0.1, 0.15) is 23.2 Å². The zero-order chi connectivity index (χ0) is 12.4. The smallest absolute Gasteiger partial charge is 0.201 e. The zero-order valence-corrected chi connectivity index (χ0v) is 9.05. The fraction of sp³-hybridized carbons (Fsp3) is 0.154. The van der Waals surface area contributed by atoms with Crippen LogP contribution in [0.2, 0.25) is 0 Å². The van der Waals surface area contributed by atoms with Crippen LogP contribution in [0, 0.1) is 0 Å². The van der Waals surface area contributed by atoms with Crippen molar-refractivity contribution in [3.05, 3.63) is 41.5 Å². The first-order valence-corrected chi connectivity index (χ1v) is 5.26. The van der Waals surface area contributed by atoms with Crippen molar-refractivity contribution in [2.75, 3.05) is 0 Å². The van der Waals surface area contributed by atoms with Crippen LogP contribution in [0.5, 0.6) is 17.2 Å². The Kier molecular flexibility index (Phi) is 2.87. The predicted octanol–water partition coefficient (Wildman–Crippen LogP) is 2.26. The molecule has 0 aliphatic heterocycles. The van der Waals surface area contributed by atoms with Gasteiger partial charge in [0.2, 0.25) is 5.75 Å². The number of phenols is 3. The van der Waals surface area contributed by atoms with Crippen molar-refractivity contribution < 1.29 is 20.1 Å². The largest absolute Gasteiger partial charge is 0.504 e. The molecule has 0 amide bonds. The summed E-state index contributed by atoms with van der Waals surface area (Å²) in [6.07, 6.45) is 7.03. The van der Waals surface area contributed by atoms with Crippen LogP contribution < -0.4 is 0 Å². The molecule has 1 aliphatic rings. The molecule has 0 saturated heterocycles. The van der Waals surface area contributed by atoms with Gasteiger partial charge in [-0.25, -0.2) is 0 Å². The second kappa shape index (κ2) is 4.33. The molecule has 1 aliphatic carbocycles. The number of hydrogen-bond acceptors (Lipinski definition) is 4. The van der Waals surface area contributed by atoms with Crippen molar-refractivity contribution in [1.29, 1.82) is 0 Å². The van der Waals surface area contributed by atoms with Crippen LogP contribution >= 0.6 is 0 Å². The molecule has 4 heteroatoms. The second-order valence-electron chi connectivity index (χ2n) is 3.80. The van der Waals surface area contributed by atoms with E-state index in [1.54, 1.807) is 12.2 Å². The summed E-state index contributed by atoms with van der Waals surface area (Å²) in [5.41, 5.74) is 0.467. The molecule has 4 nitrogen and oxygen atoms in total. The summed E-state index contributed by atoms with van der Waals surface area (Å²) in [4.78, 5) is 12.0. The summed E-state index contributed by atoms with van der Waals surface area (Å²) in [5.74, 6) is -2.08. The van der Waals surface area contributed by atoms with Gasteiger partial charge in [0.25, 0.3) is 0 Å². The number of carbonyl (C=O) groups is 1. The SMILES string of the molecule is O=C(C1=CCCC=C1)c1ccc(O)c(O)c1O. The van der Waals surface area contributed by atoms with Gasteiger partial charge in [0.1, 0.15) is 0 Å². The zero-order valence-electron chi connectivity index (χ0n) is 9.05. The molecule has 0 atom stereocenters. The van der Waals surface area contributed by atoms with Crippen molar-refractivity contribution in [3.63, 3.8) is 0 Å². The molecule has 1 aromatic carbocycles. The van der Waals surface area contributed by atoms with Crippen molar-refractivity contribution >= 4 is 5.78 Å². The summed E-state index contributed by atoms with van der Waals surface area (Å²) in [6.45, 7) is 0. The van der Waals surface area contributed by atoms with E-state index >= 15 is 0 Å². The number of phenolic OH excluding ortho intramolecular Hbond substituents is 3. The Hall–Kier alpha value is -2.23. The van der Waals surface area contributed by atoms with Gasteiger partial charge in [-0.15, -0.1) is 0 Å². The van der Waals surface area contributed by atoms with E-state index in [1.165, 1.54) is 12.1 Å². The van der Waals surface area contributed by atoms with E-state index in [0.29, 0.717) is 5.57 Å². The lowest BCUT2D eigenvalue weighted by Crippen LogP contribution is -2.03. The van der Waals surface area contributed by atoms with Crippen LogP contribution in [-0.4, -0.2) is 21.1 Å². The van der Waals surface area contributed by atoms with Crippen LogP contribution in [0.25, 0.3) is 0 Å². The Bertz CT molecular complexity index is 526. The third kappa shape index (κ3) is 2.01. The molecule has 0 saturated carbocycles. The second-order valence-corrected chi connectivity index (χ2v) is 3.80. The predicted molar refractivity (Wildman–Crippen MR) is 62.2 cm³/mol. The van der Waals surface area contributed by atoms with Gasteiger partial charge in [0.15, 0.2) is 17.3 Å². The number of aromatic hydroxyl groups is 3. The van der Waals surface area contributed by atoms with Gasteiger partial charge >= 0.3 is 0 Å². The Morgan fingerprint density at radius 2 is 1.82 bits per heavy atom. The topological polar surface area (TPSA) is 77.8 Å². The molecule has 0 fully saturated rings. The molecular weight excluding hydrogens is 220 g/mol. The van der Waals surface area contributed by atoms with Crippen LogP contribution in [-0.2, 0) is 0 Å². The lowest BCUT2D eigenvalue weighted by molar-refractivity contribution is 0.103. The fourth-order valence-corrected chi connectivity index (χ4v) is 1.69. The third-order valence-corrected chi connectivity index (χ3v) is 2.63. The van der Waals surface area contributed by atoms with Gasteiger partial charge < -0.3 is 15.3 Å². The number of allylic oxidation sites excluding steroid dienone is 4. The summed E-state index contributed by atoms with van der Waals surface area (Å²) < 4.78 is 0. The first-order chi connectivity index (χ1) is 8.11. The first-order valence-electron chi connectivity index (χ1n) is 5.26. The monoisotopic (exact) mass is 232 g/mol. The van der Waals surface area contributed by atoms with Crippen molar-refractivity contribution in [2.45, 2.75) is 12.8 Å². The maximum atomic E-state index is 12.0. The number of carbonyl (C=O) groups excluding carboxylic acids is 1. The molecule has 0 spiro atoms. The highest BCUT2D eigenvalue weighted by Gasteiger charge is 2.19. The average molecular weight is 232 g/mol. The number of Topliss-reactive ketones (excluding diaryl/α,β-unsaturated/α-hetero) is 1. The summed E-state index contributed by atoms with van der Waals surface area (Å²) in [5, 5.41) is 28.1. The average Bonchev–Trinajstić information content (AvgIpc) is 2.36. The molecule has 0 radical (unpaired) electrons. The molecule has 2 rings (SSSR count). The summed E-state index contributed by atoms with van der Waals surface area (Å²) in [6, 6.07) is 2.46. The van der Waals surface area contributed by atoms with Gasteiger partial charge in [-0.2, -0.15) is 0 Å². The Labute approximate surface area is 98.1 Å². The Morgan fingerprint density at radius 1 is 1.06 bits per heavy atom. The minimum atomic E-state index is -0.670. The maximum Gasteiger partial charge on any atom is 0.201 e. The summed E-state index contributed by atoms with van der Waals surface area (Å²) >= 11 is 0. The van der Waals surface area contributed by atoms with Gasteiger partial charge in [0, 0.05) is 5.57 Å². The normalized spacial score (nSPS) is 14.5. The highest BCUT2D eigenvalue weighted by Crippen LogP contribution is 2.38. The van der Waals surface area contributed by atoms with E-state index in [0.717, 1.165) is 12.8 Å². The molecule has 0 heterocycles. The van der Waals surface area contributed by atoms with E-state index in [2.05, 4.69) is 0 Å². The summed E-state index contributed by atoms with van der Waals surface area (Å²) in [7, 11) is 0. The highest BCUT2D eigenvalue weighted by atomic mass is 16.3. The first kappa shape index (κ1) is 11.3. The molecular formula is C13H12O4. The van der Waals surface area contributed by atoms with E-state index in [4.69, 9.17) is 5.11 Å².